The Bertz CT molecular complexity index is 1280. The lowest BCUT2D eigenvalue weighted by Crippen LogP contribution is -2.10. The summed E-state index contributed by atoms with van der Waals surface area (Å²) in [6.07, 6.45) is 4.16. The van der Waals surface area contributed by atoms with Crippen molar-refractivity contribution in [2.24, 2.45) is 4.99 Å². The molecule has 4 rings (SSSR count). The molecule has 0 saturated carbocycles. The highest BCUT2D eigenvalue weighted by Gasteiger charge is 2.04. The van der Waals surface area contributed by atoms with E-state index in [1.165, 1.54) is 5.56 Å². The summed E-state index contributed by atoms with van der Waals surface area (Å²) in [7, 11) is 0. The van der Waals surface area contributed by atoms with E-state index >= 15 is 0 Å². The summed E-state index contributed by atoms with van der Waals surface area (Å²) in [5, 5.41) is 0. The Morgan fingerprint density at radius 2 is 1.41 bits per heavy atom. The van der Waals surface area contributed by atoms with E-state index in [1.807, 2.05) is 97.1 Å². The summed E-state index contributed by atoms with van der Waals surface area (Å²) in [6.45, 7) is 3.31. The van der Waals surface area contributed by atoms with Crippen molar-refractivity contribution in [3.05, 3.63) is 120 Å². The van der Waals surface area contributed by atoms with Crippen LogP contribution in [0.15, 0.2) is 108 Å². The Balaban J connectivity index is 1.23. The van der Waals surface area contributed by atoms with Crippen molar-refractivity contribution >= 4 is 12.3 Å². The number of nitrogens with zero attached hydrogens (tertiary/aromatic N) is 1. The van der Waals surface area contributed by atoms with Gasteiger partial charge in [-0.25, -0.2) is 4.79 Å². The van der Waals surface area contributed by atoms with Gasteiger partial charge in [0.15, 0.2) is 0 Å². The molecule has 5 nitrogen and oxygen atoms in total. The van der Waals surface area contributed by atoms with Crippen LogP contribution >= 0.6 is 0 Å². The molecule has 1 radical (unpaired) electrons. The Morgan fingerprint density at radius 1 is 0.757 bits per heavy atom. The van der Waals surface area contributed by atoms with Crippen molar-refractivity contribution in [2.45, 2.75) is 26.4 Å². The predicted molar refractivity (Wildman–Crippen MR) is 146 cm³/mol. The molecule has 37 heavy (non-hydrogen) atoms. The van der Waals surface area contributed by atoms with Crippen LogP contribution in [0.2, 0.25) is 0 Å². The van der Waals surface area contributed by atoms with E-state index in [4.69, 9.17) is 14.2 Å². The van der Waals surface area contributed by atoms with Gasteiger partial charge in [0.1, 0.15) is 37.5 Å². The second-order valence-corrected chi connectivity index (χ2v) is 8.42. The van der Waals surface area contributed by atoms with Crippen LogP contribution in [-0.2, 0) is 17.8 Å². The third-order valence-corrected chi connectivity index (χ3v) is 5.66. The van der Waals surface area contributed by atoms with Crippen LogP contribution < -0.4 is 9.47 Å². The largest absolute Gasteiger partial charge is 0.490 e. The monoisotopic (exact) mass is 492 g/mol. The molecule has 0 N–H and O–H groups in total. The summed E-state index contributed by atoms with van der Waals surface area (Å²) in [5.74, 6) is 1.72. The highest BCUT2D eigenvalue weighted by atomic mass is 16.5. The molecule has 0 bridgehead atoms. The van der Waals surface area contributed by atoms with E-state index in [0.29, 0.717) is 18.8 Å². The molecule has 0 aliphatic rings. The van der Waals surface area contributed by atoms with Crippen LogP contribution in [0.1, 0.15) is 30.0 Å². The van der Waals surface area contributed by atoms with Crippen LogP contribution in [-0.4, -0.2) is 25.5 Å². The van der Waals surface area contributed by atoms with Gasteiger partial charge in [-0.1, -0.05) is 98.3 Å². The van der Waals surface area contributed by atoms with E-state index in [0.717, 1.165) is 41.0 Å². The second-order valence-electron chi connectivity index (χ2n) is 8.42. The molecule has 1 amide bonds. The standard InChI is InChI=1S/C32H30NO4/c1-2-8-29-11-6-7-12-31(29)36-22-21-35-30-19-17-28(18-20-30)27-15-13-25(14-16-27)23-33-32(34)37-24-26-9-4-3-5-10-26/h3-7,9-20H,2,8,21-22,24H2,1H3. The van der Waals surface area contributed by atoms with Crippen LogP contribution in [0.4, 0.5) is 4.79 Å². The van der Waals surface area contributed by atoms with Gasteiger partial charge in [0, 0.05) is 5.56 Å². The van der Waals surface area contributed by atoms with Crippen molar-refractivity contribution in [1.29, 1.82) is 0 Å². The molecule has 0 fully saturated rings. The number of carbonyl (C=O) groups excluding carboxylic acids is 1. The van der Waals surface area contributed by atoms with Crippen molar-refractivity contribution in [1.82, 2.24) is 0 Å². The van der Waals surface area contributed by atoms with Gasteiger partial charge in [0.2, 0.25) is 0 Å². The number of aliphatic imine (C=N–C) groups is 1. The minimum Gasteiger partial charge on any atom is -0.490 e. The number of carbonyl (C=O) groups is 1. The molecule has 0 spiro atoms. The molecule has 0 aliphatic heterocycles. The maximum atomic E-state index is 11.8. The van der Waals surface area contributed by atoms with Crippen molar-refractivity contribution in [3.63, 3.8) is 0 Å². The van der Waals surface area contributed by atoms with Gasteiger partial charge < -0.3 is 14.2 Å². The average Bonchev–Trinajstić information content (AvgIpc) is 2.95. The second kappa shape index (κ2) is 13.6. The van der Waals surface area contributed by atoms with Crippen LogP contribution in [0.5, 0.6) is 11.5 Å². The maximum Gasteiger partial charge on any atom is 0.434 e. The molecule has 0 unspecified atom stereocenters. The smallest absolute Gasteiger partial charge is 0.434 e. The van der Waals surface area contributed by atoms with Gasteiger partial charge in [-0.05, 0) is 46.9 Å². The lowest BCUT2D eigenvalue weighted by molar-refractivity contribution is 0.151. The molecule has 0 saturated heterocycles. The number of rotatable bonds is 11. The third kappa shape index (κ3) is 8.07. The number of hydrogen-bond donors (Lipinski definition) is 0. The minimum absolute atomic E-state index is 0.184. The van der Waals surface area contributed by atoms with Gasteiger partial charge in [0.25, 0.3) is 0 Å². The van der Waals surface area contributed by atoms with E-state index in [-0.39, 0.29) is 6.61 Å². The molecule has 187 valence electrons. The zero-order valence-electron chi connectivity index (χ0n) is 20.9. The molecule has 5 heteroatoms. The van der Waals surface area contributed by atoms with Crippen molar-refractivity contribution in [3.8, 4) is 22.6 Å². The van der Waals surface area contributed by atoms with Crippen LogP contribution in [0, 0.1) is 0 Å². The summed E-state index contributed by atoms with van der Waals surface area (Å²) in [4.78, 5) is 15.6. The first-order valence-corrected chi connectivity index (χ1v) is 12.4. The van der Waals surface area contributed by atoms with Gasteiger partial charge in [-0.15, -0.1) is 0 Å². The lowest BCUT2D eigenvalue weighted by atomic mass is 10.0. The molecule has 0 heterocycles. The van der Waals surface area contributed by atoms with E-state index in [2.05, 4.69) is 24.2 Å². The number of benzene rings is 4. The van der Waals surface area contributed by atoms with Crippen molar-refractivity contribution in [2.75, 3.05) is 13.2 Å². The van der Waals surface area contributed by atoms with Gasteiger partial charge in [0.05, 0.1) is 0 Å². The first-order chi connectivity index (χ1) is 18.2. The fraction of sp³-hybridized carbons (Fsp3) is 0.188. The van der Waals surface area contributed by atoms with Gasteiger partial charge in [-0.2, -0.15) is 4.99 Å². The number of para-hydroxylation sites is 1. The topological polar surface area (TPSA) is 57.1 Å². The van der Waals surface area contributed by atoms with E-state index in [1.54, 1.807) is 0 Å². The number of ether oxygens (including phenoxy) is 3. The lowest BCUT2D eigenvalue weighted by Gasteiger charge is -2.12. The first-order valence-electron chi connectivity index (χ1n) is 12.4. The zero-order valence-corrected chi connectivity index (χ0v) is 20.9. The molecule has 0 atom stereocenters. The summed E-state index contributed by atoms with van der Waals surface area (Å²) >= 11 is 0. The van der Waals surface area contributed by atoms with Crippen molar-refractivity contribution < 1.29 is 19.0 Å². The molecule has 4 aromatic carbocycles. The summed E-state index contributed by atoms with van der Waals surface area (Å²) in [5.41, 5.74) is 4.93. The third-order valence-electron chi connectivity index (χ3n) is 5.66. The Hall–Kier alpha value is -4.38. The quantitative estimate of drug-likeness (QED) is 0.162. The fourth-order valence-electron chi connectivity index (χ4n) is 3.77. The minimum atomic E-state index is -0.668. The maximum absolute atomic E-state index is 11.8. The molecule has 0 aromatic heterocycles. The summed E-state index contributed by atoms with van der Waals surface area (Å²) < 4.78 is 16.9. The Labute approximate surface area is 218 Å². The van der Waals surface area contributed by atoms with Crippen LogP contribution in [0.25, 0.3) is 11.1 Å². The first kappa shape index (κ1) is 25.7. The fourth-order valence-corrected chi connectivity index (χ4v) is 3.77. The van der Waals surface area contributed by atoms with Crippen LogP contribution in [0.3, 0.4) is 0 Å². The predicted octanol–water partition coefficient (Wildman–Crippen LogP) is 7.40. The number of amides is 1. The SMILES string of the molecule is CCCc1ccccc1OCCOc1ccc(-c2ccc([C]=NC(=O)OCc3ccccc3)cc2)cc1. The highest BCUT2D eigenvalue weighted by Crippen LogP contribution is 2.23. The van der Waals surface area contributed by atoms with Gasteiger partial charge >= 0.3 is 6.09 Å². The summed E-state index contributed by atoms with van der Waals surface area (Å²) in [6, 6.07) is 33.2. The zero-order chi connectivity index (χ0) is 25.7. The molecule has 4 aromatic rings. The molecular weight excluding hydrogens is 462 g/mol. The average molecular weight is 493 g/mol. The highest BCUT2D eigenvalue weighted by molar-refractivity contribution is 5.89. The van der Waals surface area contributed by atoms with E-state index < -0.39 is 6.09 Å². The Morgan fingerprint density at radius 3 is 2.14 bits per heavy atom. The normalized spacial score (nSPS) is 10.8. The number of aryl methyl sites for hydroxylation is 1. The van der Waals surface area contributed by atoms with E-state index in [9.17, 15) is 4.79 Å². The Kier molecular flexibility index (Phi) is 9.48. The van der Waals surface area contributed by atoms with Gasteiger partial charge in [-0.3, -0.25) is 0 Å². The molecule has 0 aliphatic carbocycles. The number of hydrogen-bond acceptors (Lipinski definition) is 4. The molecular formula is C32H30NO4.